The van der Waals surface area contributed by atoms with E-state index in [1.165, 1.54) is 17.7 Å². The number of amides is 1. The van der Waals surface area contributed by atoms with E-state index in [9.17, 15) is 13.2 Å². The Morgan fingerprint density at radius 2 is 1.83 bits per heavy atom. The van der Waals surface area contributed by atoms with Crippen LogP contribution < -0.4 is 10.0 Å². The summed E-state index contributed by atoms with van der Waals surface area (Å²) in [6, 6.07) is 14.5. The van der Waals surface area contributed by atoms with Gasteiger partial charge < -0.3 is 4.90 Å². The van der Waals surface area contributed by atoms with E-state index in [0.29, 0.717) is 12.8 Å². The molecule has 24 heavy (non-hydrogen) atoms. The van der Waals surface area contributed by atoms with Gasteiger partial charge in [-0.25, -0.2) is 13.6 Å². The normalized spacial score (nSPS) is 16.9. The number of para-hydroxylation sites is 1. The third kappa shape index (κ3) is 3.34. The van der Waals surface area contributed by atoms with Crippen LogP contribution in [-0.4, -0.2) is 20.4 Å². The molecule has 1 heterocycles. The second kappa shape index (κ2) is 6.37. The van der Waals surface area contributed by atoms with Crippen LogP contribution >= 0.6 is 0 Å². The van der Waals surface area contributed by atoms with Crippen molar-refractivity contribution in [1.29, 1.82) is 0 Å². The van der Waals surface area contributed by atoms with Crippen LogP contribution in [0.2, 0.25) is 0 Å². The van der Waals surface area contributed by atoms with Gasteiger partial charge in [-0.05, 0) is 49.1 Å². The second-order valence-electron chi connectivity index (χ2n) is 6.13. The third-order valence-corrected chi connectivity index (χ3v) is 5.28. The van der Waals surface area contributed by atoms with Crippen LogP contribution in [0.15, 0.2) is 53.4 Å². The summed E-state index contributed by atoms with van der Waals surface area (Å²) in [5.74, 6) is 0.0861. The topological polar surface area (TPSA) is 80.5 Å². The molecule has 0 unspecified atom stereocenters. The second-order valence-corrected chi connectivity index (χ2v) is 7.70. The highest BCUT2D eigenvalue weighted by atomic mass is 32.2. The summed E-state index contributed by atoms with van der Waals surface area (Å²) in [5.41, 5.74) is 3.12. The zero-order valence-corrected chi connectivity index (χ0v) is 14.3. The van der Waals surface area contributed by atoms with Gasteiger partial charge in [-0.3, -0.25) is 4.79 Å². The molecule has 6 heteroatoms. The lowest BCUT2D eigenvalue weighted by molar-refractivity contribution is -0.118. The van der Waals surface area contributed by atoms with Crippen molar-refractivity contribution in [2.45, 2.75) is 37.1 Å². The van der Waals surface area contributed by atoms with E-state index in [-0.39, 0.29) is 16.8 Å². The van der Waals surface area contributed by atoms with Crippen LogP contribution in [0, 0.1) is 0 Å². The fraction of sp³-hybridized carbons (Fsp3) is 0.278. The Hall–Kier alpha value is -2.18. The molecule has 1 amide bonds. The minimum atomic E-state index is -3.68. The van der Waals surface area contributed by atoms with Gasteiger partial charge in [0.05, 0.1) is 4.90 Å². The summed E-state index contributed by atoms with van der Waals surface area (Å²) in [4.78, 5) is 14.6. The van der Waals surface area contributed by atoms with Gasteiger partial charge in [-0.2, -0.15) is 0 Å². The van der Waals surface area contributed by atoms with Crippen molar-refractivity contribution in [2.24, 2.45) is 5.14 Å². The Bertz CT molecular complexity index is 860. The van der Waals surface area contributed by atoms with Crippen LogP contribution in [0.25, 0.3) is 0 Å². The standard InChI is InChI=1S/C18H20N2O3S/c1-13-12-15-4-2-3-5-17(15)20(13)18(21)11-8-14-6-9-16(10-7-14)24(19,22)23/h2-7,9-10,13H,8,11-12H2,1H3,(H2,19,22,23)/t13-/m1/s1. The summed E-state index contributed by atoms with van der Waals surface area (Å²) in [7, 11) is -3.68. The highest BCUT2D eigenvalue weighted by Crippen LogP contribution is 2.32. The van der Waals surface area contributed by atoms with Gasteiger partial charge in [0.1, 0.15) is 0 Å². The average molecular weight is 344 g/mol. The monoisotopic (exact) mass is 344 g/mol. The van der Waals surface area contributed by atoms with Gasteiger partial charge >= 0.3 is 0 Å². The molecule has 0 bridgehead atoms. The van der Waals surface area contributed by atoms with Crippen LogP contribution in [0.3, 0.4) is 0 Å². The molecular weight excluding hydrogens is 324 g/mol. The molecule has 0 saturated carbocycles. The summed E-state index contributed by atoms with van der Waals surface area (Å²) in [5, 5.41) is 5.08. The highest BCUT2D eigenvalue weighted by Gasteiger charge is 2.29. The zero-order valence-electron chi connectivity index (χ0n) is 13.5. The van der Waals surface area contributed by atoms with E-state index in [1.807, 2.05) is 23.1 Å². The molecule has 2 aromatic carbocycles. The van der Waals surface area contributed by atoms with Crippen LogP contribution in [0.5, 0.6) is 0 Å². The molecule has 0 aliphatic carbocycles. The number of carbonyl (C=O) groups is 1. The maximum absolute atomic E-state index is 12.6. The van der Waals surface area contributed by atoms with Gasteiger partial charge in [0.25, 0.3) is 0 Å². The minimum Gasteiger partial charge on any atom is -0.309 e. The van der Waals surface area contributed by atoms with Gasteiger partial charge in [0.15, 0.2) is 0 Å². The lowest BCUT2D eigenvalue weighted by Gasteiger charge is -2.22. The molecule has 2 aromatic rings. The van der Waals surface area contributed by atoms with Crippen molar-refractivity contribution in [1.82, 2.24) is 0 Å². The van der Waals surface area contributed by atoms with Crippen molar-refractivity contribution < 1.29 is 13.2 Å². The number of fused-ring (bicyclic) bond motifs is 1. The Labute approximate surface area is 142 Å². The first kappa shape index (κ1) is 16.7. The van der Waals surface area contributed by atoms with Gasteiger partial charge in [-0.15, -0.1) is 0 Å². The minimum absolute atomic E-state index is 0.0830. The Kier molecular flexibility index (Phi) is 4.43. The Balaban J connectivity index is 1.68. The number of nitrogens with two attached hydrogens (primary N) is 1. The van der Waals surface area contributed by atoms with Crippen LogP contribution in [0.1, 0.15) is 24.5 Å². The molecule has 1 aliphatic rings. The zero-order chi connectivity index (χ0) is 17.3. The molecule has 2 N–H and O–H groups in total. The fourth-order valence-electron chi connectivity index (χ4n) is 3.16. The van der Waals surface area contributed by atoms with Crippen molar-refractivity contribution in [3.8, 4) is 0 Å². The fourth-order valence-corrected chi connectivity index (χ4v) is 3.68. The average Bonchev–Trinajstić information content (AvgIpc) is 2.88. The van der Waals surface area contributed by atoms with Crippen molar-refractivity contribution >= 4 is 21.6 Å². The van der Waals surface area contributed by atoms with E-state index in [4.69, 9.17) is 5.14 Å². The Morgan fingerprint density at radius 1 is 1.17 bits per heavy atom. The summed E-state index contributed by atoms with van der Waals surface area (Å²) in [6.45, 7) is 2.05. The number of anilines is 1. The number of rotatable bonds is 4. The van der Waals surface area contributed by atoms with Gasteiger partial charge in [-0.1, -0.05) is 30.3 Å². The highest BCUT2D eigenvalue weighted by molar-refractivity contribution is 7.89. The molecule has 1 atom stereocenters. The van der Waals surface area contributed by atoms with E-state index >= 15 is 0 Å². The largest absolute Gasteiger partial charge is 0.309 e. The lowest BCUT2D eigenvalue weighted by atomic mass is 10.1. The van der Waals surface area contributed by atoms with E-state index in [0.717, 1.165) is 17.7 Å². The maximum atomic E-state index is 12.6. The van der Waals surface area contributed by atoms with Crippen molar-refractivity contribution in [3.05, 3.63) is 59.7 Å². The van der Waals surface area contributed by atoms with Crippen LogP contribution in [0.4, 0.5) is 5.69 Å². The van der Waals surface area contributed by atoms with E-state index < -0.39 is 10.0 Å². The number of carbonyl (C=O) groups excluding carboxylic acids is 1. The molecule has 0 fully saturated rings. The lowest BCUT2D eigenvalue weighted by Crippen LogP contribution is -2.35. The number of nitrogens with zero attached hydrogens (tertiary/aromatic N) is 1. The molecule has 1 aliphatic heterocycles. The predicted molar refractivity (Wildman–Crippen MR) is 93.2 cm³/mol. The number of hydrogen-bond donors (Lipinski definition) is 1. The van der Waals surface area contributed by atoms with E-state index in [2.05, 4.69) is 13.0 Å². The van der Waals surface area contributed by atoms with Crippen LogP contribution in [-0.2, 0) is 27.7 Å². The third-order valence-electron chi connectivity index (χ3n) is 4.36. The molecule has 0 radical (unpaired) electrons. The number of benzene rings is 2. The SMILES string of the molecule is C[C@@H]1Cc2ccccc2N1C(=O)CCc1ccc(S(N)(=O)=O)cc1. The molecule has 0 saturated heterocycles. The number of aryl methyl sites for hydroxylation is 1. The summed E-state index contributed by atoms with van der Waals surface area (Å²) in [6.07, 6.45) is 1.83. The number of sulfonamides is 1. The smallest absolute Gasteiger partial charge is 0.238 e. The molecule has 0 aromatic heterocycles. The number of hydrogen-bond acceptors (Lipinski definition) is 3. The summed E-state index contributed by atoms with van der Waals surface area (Å²) >= 11 is 0. The van der Waals surface area contributed by atoms with Gasteiger partial charge in [0, 0.05) is 18.2 Å². The first-order valence-corrected chi connectivity index (χ1v) is 9.42. The molecule has 0 spiro atoms. The Morgan fingerprint density at radius 3 is 2.50 bits per heavy atom. The van der Waals surface area contributed by atoms with Crippen molar-refractivity contribution in [3.63, 3.8) is 0 Å². The molecular formula is C18H20N2O3S. The first-order chi connectivity index (χ1) is 11.4. The molecule has 5 nitrogen and oxygen atoms in total. The number of primary sulfonamides is 1. The first-order valence-electron chi connectivity index (χ1n) is 7.88. The van der Waals surface area contributed by atoms with Gasteiger partial charge in [0.2, 0.25) is 15.9 Å². The predicted octanol–water partition coefficient (Wildman–Crippen LogP) is 2.24. The van der Waals surface area contributed by atoms with Crippen molar-refractivity contribution in [2.75, 3.05) is 4.90 Å². The summed E-state index contributed by atoms with van der Waals surface area (Å²) < 4.78 is 22.5. The maximum Gasteiger partial charge on any atom is 0.238 e. The van der Waals surface area contributed by atoms with E-state index in [1.54, 1.807) is 12.1 Å². The molecule has 126 valence electrons. The molecule has 3 rings (SSSR count). The quantitative estimate of drug-likeness (QED) is 0.924.